The lowest BCUT2D eigenvalue weighted by Crippen LogP contribution is -2.47. The van der Waals surface area contributed by atoms with E-state index in [4.69, 9.17) is 5.11 Å². The minimum absolute atomic E-state index is 0.0690. The second-order valence-corrected chi connectivity index (χ2v) is 7.42. The molecule has 2 aliphatic rings. The molecular weight excluding hydrogens is 358 g/mol. The number of hydrogen-bond donors (Lipinski definition) is 3. The molecule has 1 atom stereocenters. The first-order valence-electron chi connectivity index (χ1n) is 9.86. The van der Waals surface area contributed by atoms with E-state index in [0.717, 1.165) is 44.8 Å². The number of allylic oxidation sites excluding steroid dienone is 2. The van der Waals surface area contributed by atoms with Gasteiger partial charge >= 0.3 is 0 Å². The molecule has 7 heteroatoms. The summed E-state index contributed by atoms with van der Waals surface area (Å²) < 4.78 is 0. The lowest BCUT2D eigenvalue weighted by molar-refractivity contribution is -0.116. The third kappa shape index (κ3) is 5.41. The van der Waals surface area contributed by atoms with Gasteiger partial charge in [0.05, 0.1) is 18.7 Å². The van der Waals surface area contributed by atoms with E-state index >= 15 is 0 Å². The second kappa shape index (κ2) is 9.82. The number of piperazine rings is 1. The van der Waals surface area contributed by atoms with Crippen LogP contribution in [0.1, 0.15) is 24.3 Å². The van der Waals surface area contributed by atoms with Crippen molar-refractivity contribution in [1.82, 2.24) is 9.80 Å². The predicted octanol–water partition coefficient (Wildman–Crippen LogP) is 1.33. The number of nitrogens with zero attached hydrogens (tertiary/aromatic N) is 3. The Labute approximate surface area is 165 Å². The van der Waals surface area contributed by atoms with Crippen LogP contribution in [0.25, 0.3) is 0 Å². The number of aliphatic hydroxyl groups is 2. The number of rotatable bonds is 7. The van der Waals surface area contributed by atoms with Crippen LogP contribution in [-0.4, -0.2) is 89.5 Å². The van der Waals surface area contributed by atoms with Gasteiger partial charge in [0.1, 0.15) is 11.5 Å². The van der Waals surface area contributed by atoms with Crippen LogP contribution in [-0.2, 0) is 4.79 Å². The highest BCUT2D eigenvalue weighted by Crippen LogP contribution is 2.33. The van der Waals surface area contributed by atoms with Crippen molar-refractivity contribution in [3.8, 4) is 5.75 Å². The SMILES string of the molecule is O=C1CC(c2ccc(O)cc2)CC(O)=C1C=NCCN1CCN(CCO)CC1. The molecule has 3 N–H and O–H groups in total. The van der Waals surface area contributed by atoms with Crippen LogP contribution < -0.4 is 0 Å². The second-order valence-electron chi connectivity index (χ2n) is 7.42. The number of carbonyl (C=O) groups is 1. The van der Waals surface area contributed by atoms with Gasteiger partial charge in [0, 0.05) is 58.3 Å². The molecule has 1 unspecified atom stereocenters. The average molecular weight is 387 g/mol. The molecule has 3 rings (SSSR count). The molecule has 7 nitrogen and oxygen atoms in total. The molecular formula is C21H29N3O4. The van der Waals surface area contributed by atoms with Crippen molar-refractivity contribution in [3.63, 3.8) is 0 Å². The van der Waals surface area contributed by atoms with Crippen molar-refractivity contribution in [2.45, 2.75) is 18.8 Å². The number of hydrogen-bond acceptors (Lipinski definition) is 7. The Morgan fingerprint density at radius 2 is 1.64 bits per heavy atom. The first-order chi connectivity index (χ1) is 13.6. The molecule has 1 saturated heterocycles. The summed E-state index contributed by atoms with van der Waals surface area (Å²) in [4.78, 5) is 21.4. The Kier molecular flexibility index (Phi) is 7.19. The Bertz CT molecular complexity index is 722. The summed E-state index contributed by atoms with van der Waals surface area (Å²) in [5, 5.41) is 28.7. The molecule has 1 fully saturated rings. The van der Waals surface area contributed by atoms with E-state index in [9.17, 15) is 15.0 Å². The maximum atomic E-state index is 12.5. The number of Topliss-reactive ketones (excluding diaryl/α,β-unsaturated/α-hetero) is 1. The van der Waals surface area contributed by atoms with E-state index in [-0.39, 0.29) is 29.8 Å². The van der Waals surface area contributed by atoms with Gasteiger partial charge in [-0.05, 0) is 23.6 Å². The Morgan fingerprint density at radius 1 is 1.00 bits per heavy atom. The number of aliphatic imine (C=N–C) groups is 1. The van der Waals surface area contributed by atoms with Crippen molar-refractivity contribution in [2.75, 3.05) is 52.4 Å². The molecule has 0 amide bonds. The van der Waals surface area contributed by atoms with Crippen molar-refractivity contribution >= 4 is 12.0 Å². The van der Waals surface area contributed by atoms with Gasteiger partial charge in [-0.2, -0.15) is 0 Å². The largest absolute Gasteiger partial charge is 0.511 e. The Morgan fingerprint density at radius 3 is 2.25 bits per heavy atom. The summed E-state index contributed by atoms with van der Waals surface area (Å²) in [5.41, 5.74) is 1.26. The molecule has 0 aromatic heterocycles. The highest BCUT2D eigenvalue weighted by molar-refractivity contribution is 6.14. The normalized spacial score (nSPS) is 22.3. The molecule has 1 aromatic carbocycles. The third-order valence-electron chi connectivity index (χ3n) is 5.49. The van der Waals surface area contributed by atoms with Gasteiger partial charge in [-0.25, -0.2) is 0 Å². The number of phenols is 1. The van der Waals surface area contributed by atoms with Crippen LogP contribution in [0.2, 0.25) is 0 Å². The first kappa shape index (κ1) is 20.5. The van der Waals surface area contributed by atoms with E-state index in [2.05, 4.69) is 14.8 Å². The van der Waals surface area contributed by atoms with Gasteiger partial charge in [-0.15, -0.1) is 0 Å². The minimum atomic E-state index is -0.0943. The highest BCUT2D eigenvalue weighted by Gasteiger charge is 2.27. The van der Waals surface area contributed by atoms with Crippen LogP contribution in [0.15, 0.2) is 40.6 Å². The van der Waals surface area contributed by atoms with Crippen LogP contribution in [0.3, 0.4) is 0 Å². The topological polar surface area (TPSA) is 96.6 Å². The number of ketones is 1. The molecule has 1 aliphatic heterocycles. The summed E-state index contributed by atoms with van der Waals surface area (Å²) >= 11 is 0. The lowest BCUT2D eigenvalue weighted by Gasteiger charge is -2.33. The van der Waals surface area contributed by atoms with Gasteiger partial charge in [-0.3, -0.25) is 19.6 Å². The number of benzene rings is 1. The zero-order chi connectivity index (χ0) is 19.9. The zero-order valence-electron chi connectivity index (χ0n) is 16.1. The summed E-state index contributed by atoms with van der Waals surface area (Å²) in [6.45, 7) is 6.15. The number of carbonyl (C=O) groups excluding carboxylic acids is 1. The number of phenolic OH excluding ortho intramolecular Hbond substituents is 1. The fourth-order valence-electron chi connectivity index (χ4n) is 3.77. The number of β-amino-alcohol motifs (C(OH)–C–C–N with tert-alkyl or cyclic N) is 1. The predicted molar refractivity (Wildman–Crippen MR) is 108 cm³/mol. The van der Waals surface area contributed by atoms with Gasteiger partial charge in [0.25, 0.3) is 0 Å². The van der Waals surface area contributed by atoms with Crippen LogP contribution in [0.4, 0.5) is 0 Å². The quantitative estimate of drug-likeness (QED) is 0.611. The van der Waals surface area contributed by atoms with Crippen LogP contribution in [0.5, 0.6) is 5.75 Å². The molecule has 152 valence electrons. The van der Waals surface area contributed by atoms with E-state index < -0.39 is 0 Å². The highest BCUT2D eigenvalue weighted by atomic mass is 16.3. The summed E-state index contributed by atoms with van der Waals surface area (Å²) in [7, 11) is 0. The van der Waals surface area contributed by atoms with Crippen molar-refractivity contribution in [3.05, 3.63) is 41.2 Å². The molecule has 1 aliphatic carbocycles. The number of aromatic hydroxyl groups is 1. The first-order valence-corrected chi connectivity index (χ1v) is 9.86. The summed E-state index contributed by atoms with van der Waals surface area (Å²) in [6.07, 6.45) is 2.26. The van der Waals surface area contributed by atoms with E-state index in [1.54, 1.807) is 24.3 Å². The van der Waals surface area contributed by atoms with Gasteiger partial charge < -0.3 is 15.3 Å². The Hall–Kier alpha value is -2.22. The molecule has 0 bridgehead atoms. The molecule has 0 spiro atoms. The van der Waals surface area contributed by atoms with Crippen molar-refractivity contribution in [2.24, 2.45) is 4.99 Å². The molecule has 1 aromatic rings. The standard InChI is InChI=1S/C21H29N3O4/c25-12-11-24-9-7-23(8-10-24)6-5-22-15-19-20(27)13-17(14-21(19)28)16-1-3-18(26)4-2-16/h1-4,15,17,25-27H,5-14H2. The number of aliphatic hydroxyl groups excluding tert-OH is 2. The fourth-order valence-corrected chi connectivity index (χ4v) is 3.77. The average Bonchev–Trinajstić information content (AvgIpc) is 2.68. The van der Waals surface area contributed by atoms with E-state index in [1.165, 1.54) is 6.21 Å². The molecule has 0 radical (unpaired) electrons. The van der Waals surface area contributed by atoms with Crippen LogP contribution in [0, 0.1) is 0 Å². The molecule has 1 heterocycles. The lowest BCUT2D eigenvalue weighted by atomic mass is 9.83. The third-order valence-corrected chi connectivity index (χ3v) is 5.49. The summed E-state index contributed by atoms with van der Waals surface area (Å²) in [6, 6.07) is 6.78. The Balaban J connectivity index is 1.49. The van der Waals surface area contributed by atoms with Gasteiger partial charge in [0.15, 0.2) is 5.78 Å². The van der Waals surface area contributed by atoms with Crippen LogP contribution >= 0.6 is 0 Å². The molecule has 0 saturated carbocycles. The van der Waals surface area contributed by atoms with Crippen molar-refractivity contribution in [1.29, 1.82) is 0 Å². The van der Waals surface area contributed by atoms with Gasteiger partial charge in [0.2, 0.25) is 0 Å². The van der Waals surface area contributed by atoms with E-state index in [0.29, 0.717) is 25.0 Å². The fraction of sp³-hybridized carbons (Fsp3) is 0.524. The maximum absolute atomic E-state index is 12.5. The molecule has 28 heavy (non-hydrogen) atoms. The monoisotopic (exact) mass is 387 g/mol. The smallest absolute Gasteiger partial charge is 0.168 e. The van der Waals surface area contributed by atoms with Crippen molar-refractivity contribution < 1.29 is 20.1 Å². The minimum Gasteiger partial charge on any atom is -0.511 e. The van der Waals surface area contributed by atoms with E-state index in [1.807, 2.05) is 0 Å². The van der Waals surface area contributed by atoms with Gasteiger partial charge in [-0.1, -0.05) is 12.1 Å². The maximum Gasteiger partial charge on any atom is 0.168 e. The zero-order valence-corrected chi connectivity index (χ0v) is 16.1. The summed E-state index contributed by atoms with van der Waals surface area (Å²) in [5.74, 6) is 0.118.